The fourth-order valence-corrected chi connectivity index (χ4v) is 3.06. The van der Waals surface area contributed by atoms with E-state index in [1.54, 1.807) is 26.4 Å². The van der Waals surface area contributed by atoms with Gasteiger partial charge in [-0.3, -0.25) is 0 Å². The van der Waals surface area contributed by atoms with E-state index in [-0.39, 0.29) is 5.82 Å². The highest BCUT2D eigenvalue weighted by Gasteiger charge is 2.10. The quantitative estimate of drug-likeness (QED) is 0.639. The van der Waals surface area contributed by atoms with Crippen LogP contribution in [0.15, 0.2) is 36.4 Å². The molecule has 0 unspecified atom stereocenters. The minimum absolute atomic E-state index is 0.221. The van der Waals surface area contributed by atoms with E-state index in [0.717, 1.165) is 29.9 Å². The lowest BCUT2D eigenvalue weighted by molar-refractivity contribution is 0.412. The maximum atomic E-state index is 13.8. The first-order chi connectivity index (χ1) is 12.1. The molecule has 0 atom stereocenters. The molecule has 0 aliphatic carbocycles. The number of hydrogen-bond donors (Lipinski definition) is 2. The molecule has 25 heavy (non-hydrogen) atoms. The van der Waals surface area contributed by atoms with Crippen molar-refractivity contribution in [1.29, 1.82) is 0 Å². The van der Waals surface area contributed by atoms with Crippen LogP contribution in [0.2, 0.25) is 0 Å². The van der Waals surface area contributed by atoms with Crippen molar-refractivity contribution < 1.29 is 13.9 Å². The Balaban J connectivity index is 1.66. The van der Waals surface area contributed by atoms with Gasteiger partial charge in [0.1, 0.15) is 17.3 Å². The molecule has 1 aromatic heterocycles. The Morgan fingerprint density at radius 3 is 2.52 bits per heavy atom. The highest BCUT2D eigenvalue weighted by atomic mass is 19.1. The van der Waals surface area contributed by atoms with E-state index in [0.29, 0.717) is 17.9 Å². The van der Waals surface area contributed by atoms with Crippen LogP contribution in [0, 0.1) is 12.7 Å². The minimum atomic E-state index is -0.221. The van der Waals surface area contributed by atoms with Gasteiger partial charge in [-0.05, 0) is 61.9 Å². The summed E-state index contributed by atoms with van der Waals surface area (Å²) in [6, 6.07) is 10.8. The number of ether oxygens (including phenoxy) is 2. The third-order valence-corrected chi connectivity index (χ3v) is 4.45. The van der Waals surface area contributed by atoms with Gasteiger partial charge in [0.05, 0.1) is 14.2 Å². The average Bonchev–Trinajstić information content (AvgIpc) is 2.94. The number of fused-ring (bicyclic) bond motifs is 1. The number of aryl methyl sites for hydroxylation is 1. The summed E-state index contributed by atoms with van der Waals surface area (Å²) in [5.41, 5.74) is 4.12. The second-order valence-corrected chi connectivity index (χ2v) is 6.02. The molecule has 0 saturated carbocycles. The summed E-state index contributed by atoms with van der Waals surface area (Å²) in [4.78, 5) is 3.40. The van der Waals surface area contributed by atoms with E-state index >= 15 is 0 Å². The lowest BCUT2D eigenvalue weighted by atomic mass is 10.1. The first kappa shape index (κ1) is 17.3. The zero-order valence-corrected chi connectivity index (χ0v) is 14.8. The summed E-state index contributed by atoms with van der Waals surface area (Å²) in [5, 5.41) is 4.48. The van der Waals surface area contributed by atoms with Gasteiger partial charge < -0.3 is 19.8 Å². The summed E-state index contributed by atoms with van der Waals surface area (Å²) in [7, 11) is 3.25. The lowest BCUT2D eigenvalue weighted by Gasteiger charge is -2.08. The van der Waals surface area contributed by atoms with Gasteiger partial charge >= 0.3 is 0 Å². The van der Waals surface area contributed by atoms with Crippen LogP contribution in [0.5, 0.6) is 11.5 Å². The second-order valence-electron chi connectivity index (χ2n) is 6.02. The van der Waals surface area contributed by atoms with Gasteiger partial charge in [0.2, 0.25) is 0 Å². The SMILES string of the molecule is COc1ccc(F)c(CNCCc2c(C)[nH]c3ccc(OC)cc23)c1. The van der Waals surface area contributed by atoms with Crippen LogP contribution < -0.4 is 14.8 Å². The number of benzene rings is 2. The van der Waals surface area contributed by atoms with E-state index in [9.17, 15) is 4.39 Å². The predicted molar refractivity (Wildman–Crippen MR) is 98.0 cm³/mol. The molecule has 0 aliphatic rings. The molecule has 0 aliphatic heterocycles. The summed E-state index contributed by atoms with van der Waals surface area (Å²) in [6.07, 6.45) is 0.852. The van der Waals surface area contributed by atoms with Crippen LogP contribution in [-0.2, 0) is 13.0 Å². The molecule has 5 heteroatoms. The van der Waals surface area contributed by atoms with Gasteiger partial charge in [-0.15, -0.1) is 0 Å². The van der Waals surface area contributed by atoms with Crippen LogP contribution in [0.4, 0.5) is 4.39 Å². The number of rotatable bonds is 7. The molecule has 0 bridgehead atoms. The van der Waals surface area contributed by atoms with Gasteiger partial charge in [0, 0.05) is 28.7 Å². The van der Waals surface area contributed by atoms with Crippen molar-refractivity contribution in [2.45, 2.75) is 19.9 Å². The number of aromatic nitrogens is 1. The maximum absolute atomic E-state index is 13.8. The lowest BCUT2D eigenvalue weighted by Crippen LogP contribution is -2.17. The molecule has 0 spiro atoms. The van der Waals surface area contributed by atoms with Crippen LogP contribution in [-0.4, -0.2) is 25.7 Å². The Hall–Kier alpha value is -2.53. The molecular weight excluding hydrogens is 319 g/mol. The second kappa shape index (κ2) is 7.57. The van der Waals surface area contributed by atoms with E-state index in [4.69, 9.17) is 9.47 Å². The number of aromatic amines is 1. The Bertz CT molecular complexity index is 874. The number of methoxy groups -OCH3 is 2. The van der Waals surface area contributed by atoms with Crippen LogP contribution in [0.25, 0.3) is 10.9 Å². The molecule has 0 fully saturated rings. The molecule has 2 aromatic carbocycles. The Labute approximate surface area is 147 Å². The summed E-state index contributed by atoms with van der Waals surface area (Å²) < 4.78 is 24.3. The fraction of sp³-hybridized carbons (Fsp3) is 0.300. The van der Waals surface area contributed by atoms with E-state index < -0.39 is 0 Å². The monoisotopic (exact) mass is 342 g/mol. The smallest absolute Gasteiger partial charge is 0.127 e. The van der Waals surface area contributed by atoms with Gasteiger partial charge in [0.15, 0.2) is 0 Å². The third kappa shape index (κ3) is 3.77. The molecular formula is C20H23FN2O2. The highest BCUT2D eigenvalue weighted by molar-refractivity contribution is 5.86. The molecule has 0 saturated heterocycles. The molecule has 1 heterocycles. The van der Waals surface area contributed by atoms with Crippen molar-refractivity contribution in [3.8, 4) is 11.5 Å². The number of hydrogen-bond acceptors (Lipinski definition) is 3. The first-order valence-corrected chi connectivity index (χ1v) is 8.30. The Kier molecular flexibility index (Phi) is 5.24. The van der Waals surface area contributed by atoms with Gasteiger partial charge in [-0.25, -0.2) is 4.39 Å². The molecule has 2 N–H and O–H groups in total. The van der Waals surface area contributed by atoms with Gasteiger partial charge in [-0.1, -0.05) is 0 Å². The topological polar surface area (TPSA) is 46.3 Å². The third-order valence-electron chi connectivity index (χ3n) is 4.45. The summed E-state index contributed by atoms with van der Waals surface area (Å²) in [6.45, 7) is 3.29. The molecule has 132 valence electrons. The molecule has 3 rings (SSSR count). The average molecular weight is 342 g/mol. The van der Waals surface area contributed by atoms with Crippen molar-refractivity contribution in [2.24, 2.45) is 0 Å². The Morgan fingerprint density at radius 1 is 1.04 bits per heavy atom. The first-order valence-electron chi connectivity index (χ1n) is 8.30. The highest BCUT2D eigenvalue weighted by Crippen LogP contribution is 2.26. The van der Waals surface area contributed by atoms with Crippen molar-refractivity contribution >= 4 is 10.9 Å². The van der Waals surface area contributed by atoms with E-state index in [1.807, 2.05) is 12.1 Å². The van der Waals surface area contributed by atoms with E-state index in [2.05, 4.69) is 23.3 Å². The molecule has 0 amide bonds. The zero-order valence-electron chi connectivity index (χ0n) is 14.8. The largest absolute Gasteiger partial charge is 0.497 e. The standard InChI is InChI=1S/C20H23FN2O2/c1-13-17(18-11-16(25-3)5-7-20(18)23-13)8-9-22-12-14-10-15(24-2)4-6-19(14)21/h4-7,10-11,22-23H,8-9,12H2,1-3H3. The van der Waals surface area contributed by atoms with Crippen LogP contribution >= 0.6 is 0 Å². The summed E-state index contributed by atoms with van der Waals surface area (Å²) in [5.74, 6) is 1.29. The van der Waals surface area contributed by atoms with Crippen molar-refractivity contribution in [1.82, 2.24) is 10.3 Å². The zero-order chi connectivity index (χ0) is 17.8. The molecule has 3 aromatic rings. The van der Waals surface area contributed by atoms with Gasteiger partial charge in [0.25, 0.3) is 0 Å². The number of nitrogens with one attached hydrogen (secondary N) is 2. The molecule has 0 radical (unpaired) electrons. The van der Waals surface area contributed by atoms with Crippen LogP contribution in [0.1, 0.15) is 16.8 Å². The van der Waals surface area contributed by atoms with E-state index in [1.165, 1.54) is 17.0 Å². The Morgan fingerprint density at radius 2 is 1.76 bits per heavy atom. The van der Waals surface area contributed by atoms with Crippen molar-refractivity contribution in [2.75, 3.05) is 20.8 Å². The normalized spacial score (nSPS) is 11.0. The number of H-pyrrole nitrogens is 1. The maximum Gasteiger partial charge on any atom is 0.127 e. The van der Waals surface area contributed by atoms with Crippen LogP contribution in [0.3, 0.4) is 0 Å². The van der Waals surface area contributed by atoms with Crippen molar-refractivity contribution in [3.05, 3.63) is 59.0 Å². The summed E-state index contributed by atoms with van der Waals surface area (Å²) >= 11 is 0. The minimum Gasteiger partial charge on any atom is -0.497 e. The number of halogens is 1. The molecule has 4 nitrogen and oxygen atoms in total. The van der Waals surface area contributed by atoms with Crippen molar-refractivity contribution in [3.63, 3.8) is 0 Å². The van der Waals surface area contributed by atoms with Gasteiger partial charge in [-0.2, -0.15) is 0 Å². The predicted octanol–water partition coefficient (Wildman–Crippen LogP) is 3.96. The fourth-order valence-electron chi connectivity index (χ4n) is 3.06.